The number of aryl methyl sites for hydroxylation is 1. The van der Waals surface area contributed by atoms with Gasteiger partial charge in [-0.05, 0) is 67.1 Å². The van der Waals surface area contributed by atoms with Crippen molar-refractivity contribution in [3.05, 3.63) is 99.6 Å². The molecule has 0 atom stereocenters. The maximum atomic E-state index is 15.5. The molecule has 2 heterocycles. The zero-order chi connectivity index (χ0) is 25.5. The molecule has 0 saturated heterocycles. The van der Waals surface area contributed by atoms with E-state index in [2.05, 4.69) is 10.1 Å². The topological polar surface area (TPSA) is 57.4 Å². The minimum atomic E-state index is -0.459. The molecule has 0 unspecified atom stereocenters. The van der Waals surface area contributed by atoms with Gasteiger partial charge in [-0.15, -0.1) is 0 Å². The average Bonchev–Trinajstić information content (AvgIpc) is 3.65. The average molecular weight is 535 g/mol. The van der Waals surface area contributed by atoms with Gasteiger partial charge in [0.25, 0.3) is 0 Å². The largest absolute Gasteiger partial charge is 0.486 e. The van der Waals surface area contributed by atoms with E-state index >= 15 is 4.39 Å². The number of halogens is 3. The molecule has 0 spiro atoms. The van der Waals surface area contributed by atoms with Gasteiger partial charge < -0.3 is 14.0 Å². The molecule has 2 aromatic heterocycles. The van der Waals surface area contributed by atoms with E-state index in [-0.39, 0.29) is 18.3 Å². The first-order valence-electron chi connectivity index (χ1n) is 11.9. The molecule has 8 heteroatoms. The van der Waals surface area contributed by atoms with E-state index in [9.17, 15) is 0 Å². The highest BCUT2D eigenvalue weighted by Gasteiger charge is 2.33. The van der Waals surface area contributed by atoms with Crippen molar-refractivity contribution in [1.82, 2.24) is 10.1 Å². The molecule has 5 nitrogen and oxygen atoms in total. The molecule has 186 valence electrons. The standard InChI is InChI=1S/C29H21Cl2FN2O3/c1-16-5-12-25(33-14-16)36-19-9-10-20-18(13-19)8-11-24(27(20)32)35-15-21-28(34-37-29(21)17-6-7-17)26-22(30)3-2-4-23(26)31/h2-5,8-14,17H,6-7,15H2,1H3. The van der Waals surface area contributed by atoms with Crippen LogP contribution in [0.25, 0.3) is 22.0 Å². The van der Waals surface area contributed by atoms with Crippen molar-refractivity contribution in [2.75, 3.05) is 0 Å². The normalized spacial score (nSPS) is 13.2. The molecule has 0 amide bonds. The summed E-state index contributed by atoms with van der Waals surface area (Å²) in [6.07, 6.45) is 3.74. The molecule has 6 rings (SSSR count). The maximum Gasteiger partial charge on any atom is 0.219 e. The number of benzene rings is 3. The summed E-state index contributed by atoms with van der Waals surface area (Å²) in [5, 5.41) is 6.29. The SMILES string of the molecule is Cc1ccc(Oc2ccc3c(F)c(OCc4c(-c5c(Cl)cccc5Cl)noc4C4CC4)ccc3c2)nc1. The van der Waals surface area contributed by atoms with E-state index in [1.165, 1.54) is 0 Å². The molecular formula is C29H21Cl2FN2O3. The first-order chi connectivity index (χ1) is 18.0. The first-order valence-corrected chi connectivity index (χ1v) is 12.6. The van der Waals surface area contributed by atoms with Gasteiger partial charge in [0, 0.05) is 29.1 Å². The highest BCUT2D eigenvalue weighted by atomic mass is 35.5. The summed E-state index contributed by atoms with van der Waals surface area (Å²) in [5.41, 5.74) is 2.87. The molecule has 0 N–H and O–H groups in total. The lowest BCUT2D eigenvalue weighted by Crippen LogP contribution is -2.01. The van der Waals surface area contributed by atoms with Gasteiger partial charge in [0.2, 0.25) is 5.88 Å². The number of nitrogens with zero attached hydrogens (tertiary/aromatic N) is 2. The van der Waals surface area contributed by atoms with Crippen molar-refractivity contribution in [2.24, 2.45) is 0 Å². The van der Waals surface area contributed by atoms with Crippen LogP contribution in [0.3, 0.4) is 0 Å². The monoisotopic (exact) mass is 534 g/mol. The fraction of sp³-hybridized carbons (Fsp3) is 0.172. The zero-order valence-electron chi connectivity index (χ0n) is 19.8. The van der Waals surface area contributed by atoms with Gasteiger partial charge in [-0.2, -0.15) is 0 Å². The van der Waals surface area contributed by atoms with Gasteiger partial charge in [-0.3, -0.25) is 0 Å². The molecule has 3 aromatic carbocycles. The number of fused-ring (bicyclic) bond motifs is 1. The van der Waals surface area contributed by atoms with Crippen molar-refractivity contribution < 1.29 is 18.4 Å². The molecule has 1 aliphatic rings. The van der Waals surface area contributed by atoms with E-state index in [1.807, 2.05) is 13.0 Å². The van der Waals surface area contributed by atoms with Crippen LogP contribution in [0.15, 0.2) is 71.4 Å². The fourth-order valence-electron chi connectivity index (χ4n) is 4.26. The van der Waals surface area contributed by atoms with Crippen LogP contribution < -0.4 is 9.47 Å². The zero-order valence-corrected chi connectivity index (χ0v) is 21.3. The smallest absolute Gasteiger partial charge is 0.219 e. The van der Waals surface area contributed by atoms with Gasteiger partial charge in [-0.1, -0.05) is 46.6 Å². The van der Waals surface area contributed by atoms with Gasteiger partial charge in [-0.25, -0.2) is 9.37 Å². The van der Waals surface area contributed by atoms with Crippen molar-refractivity contribution in [1.29, 1.82) is 0 Å². The number of rotatable bonds is 7. The highest BCUT2D eigenvalue weighted by molar-refractivity contribution is 6.39. The summed E-state index contributed by atoms with van der Waals surface area (Å²) >= 11 is 12.9. The molecule has 0 radical (unpaired) electrons. The Morgan fingerprint density at radius 3 is 2.57 bits per heavy atom. The van der Waals surface area contributed by atoms with Crippen LogP contribution >= 0.6 is 23.2 Å². The van der Waals surface area contributed by atoms with Crippen molar-refractivity contribution in [3.63, 3.8) is 0 Å². The highest BCUT2D eigenvalue weighted by Crippen LogP contribution is 2.46. The molecule has 37 heavy (non-hydrogen) atoms. The summed E-state index contributed by atoms with van der Waals surface area (Å²) in [4.78, 5) is 4.25. The predicted octanol–water partition coefficient (Wildman–Crippen LogP) is 8.89. The molecule has 0 bridgehead atoms. The molecule has 0 aliphatic heterocycles. The van der Waals surface area contributed by atoms with Crippen molar-refractivity contribution >= 4 is 34.0 Å². The summed E-state index contributed by atoms with van der Waals surface area (Å²) < 4.78 is 33.0. The molecule has 1 saturated carbocycles. The van der Waals surface area contributed by atoms with Gasteiger partial charge >= 0.3 is 0 Å². The van der Waals surface area contributed by atoms with E-state index in [4.69, 9.17) is 37.2 Å². The van der Waals surface area contributed by atoms with Crippen LogP contribution in [-0.4, -0.2) is 10.1 Å². The molecule has 1 aliphatic carbocycles. The summed E-state index contributed by atoms with van der Waals surface area (Å²) in [5.74, 6) is 1.71. The first kappa shape index (κ1) is 23.8. The lowest BCUT2D eigenvalue weighted by Gasteiger charge is -2.12. The Hall–Kier alpha value is -3.61. The van der Waals surface area contributed by atoms with E-state index < -0.39 is 5.82 Å². The van der Waals surface area contributed by atoms with Crippen molar-refractivity contribution in [2.45, 2.75) is 32.3 Å². The number of pyridine rings is 1. The second-order valence-corrected chi connectivity index (χ2v) is 9.88. The van der Waals surface area contributed by atoms with Gasteiger partial charge in [0.05, 0.1) is 15.6 Å². The Balaban J connectivity index is 1.28. The minimum absolute atomic E-state index is 0.0644. The number of hydrogen-bond acceptors (Lipinski definition) is 5. The van der Waals surface area contributed by atoms with Crippen LogP contribution in [0.2, 0.25) is 10.0 Å². The van der Waals surface area contributed by atoms with Crippen LogP contribution in [-0.2, 0) is 6.61 Å². The summed E-state index contributed by atoms with van der Waals surface area (Å²) in [6, 6.07) is 17.5. The quantitative estimate of drug-likeness (QED) is 0.208. The second kappa shape index (κ2) is 9.69. The summed E-state index contributed by atoms with van der Waals surface area (Å²) in [6.45, 7) is 2.02. The van der Waals surface area contributed by atoms with Crippen LogP contribution in [0.1, 0.15) is 35.6 Å². The number of hydrogen-bond donors (Lipinski definition) is 0. The Labute approximate surface area is 222 Å². The Morgan fingerprint density at radius 2 is 1.84 bits per heavy atom. The Morgan fingerprint density at radius 1 is 1.03 bits per heavy atom. The second-order valence-electron chi connectivity index (χ2n) is 9.07. The maximum absolute atomic E-state index is 15.5. The molecule has 1 fully saturated rings. The van der Waals surface area contributed by atoms with Gasteiger partial charge in [0.1, 0.15) is 23.8 Å². The van der Waals surface area contributed by atoms with E-state index in [0.717, 1.165) is 29.7 Å². The third-order valence-electron chi connectivity index (χ3n) is 6.34. The Kier molecular flexibility index (Phi) is 6.22. The Bertz CT molecular complexity index is 1590. The van der Waals surface area contributed by atoms with Crippen LogP contribution in [0.5, 0.6) is 17.4 Å². The van der Waals surface area contributed by atoms with Gasteiger partial charge in [0.15, 0.2) is 11.6 Å². The number of ether oxygens (including phenoxy) is 2. The third kappa shape index (κ3) is 4.75. The fourth-order valence-corrected chi connectivity index (χ4v) is 4.83. The minimum Gasteiger partial charge on any atom is -0.486 e. The van der Waals surface area contributed by atoms with E-state index in [1.54, 1.807) is 60.8 Å². The lowest BCUT2D eigenvalue weighted by atomic mass is 10.0. The molecular weight excluding hydrogens is 514 g/mol. The van der Waals surface area contributed by atoms with Crippen molar-refractivity contribution in [3.8, 4) is 28.6 Å². The predicted molar refractivity (Wildman–Crippen MR) is 141 cm³/mol. The van der Waals surface area contributed by atoms with Crippen LogP contribution in [0.4, 0.5) is 4.39 Å². The van der Waals surface area contributed by atoms with E-state index in [0.29, 0.717) is 43.7 Å². The lowest BCUT2D eigenvalue weighted by molar-refractivity contribution is 0.287. The van der Waals surface area contributed by atoms with Crippen LogP contribution in [0, 0.1) is 12.7 Å². The number of aromatic nitrogens is 2. The summed E-state index contributed by atoms with van der Waals surface area (Å²) in [7, 11) is 0. The molecule has 5 aromatic rings. The third-order valence-corrected chi connectivity index (χ3v) is 6.96.